The van der Waals surface area contributed by atoms with Gasteiger partial charge in [0.25, 0.3) is 0 Å². The first kappa shape index (κ1) is 29.2. The lowest BCUT2D eigenvalue weighted by atomic mass is 10.1. The number of aliphatic imine (C=N–C) groups is 1. The molecule has 0 saturated carbocycles. The molecule has 8 nitrogen and oxygen atoms in total. The number of nitrogens with zero attached hydrogens (tertiary/aromatic N) is 1. The number of benzene rings is 1. The molecule has 1 rings (SSSR count). The first-order valence-electron chi connectivity index (χ1n) is 10.2. The van der Waals surface area contributed by atoms with Crippen LogP contribution in [-0.4, -0.2) is 57.0 Å². The molecule has 0 spiro atoms. The molecule has 0 unspecified atom stereocenters. The molecule has 9 heteroatoms. The van der Waals surface area contributed by atoms with E-state index in [9.17, 15) is 4.79 Å². The Kier molecular flexibility index (Phi) is 13.5. The fourth-order valence-corrected chi connectivity index (χ4v) is 2.44. The lowest BCUT2D eigenvalue weighted by Crippen LogP contribution is -2.54. The van der Waals surface area contributed by atoms with Gasteiger partial charge in [-0.2, -0.15) is 0 Å². The number of carbonyl (C=O) groups is 1. The summed E-state index contributed by atoms with van der Waals surface area (Å²) >= 11 is 0. The van der Waals surface area contributed by atoms with Crippen LogP contribution in [-0.2, 0) is 16.1 Å². The molecule has 1 aromatic rings. The molecule has 0 fully saturated rings. The van der Waals surface area contributed by atoms with Crippen LogP contribution in [0.1, 0.15) is 46.6 Å². The third-order valence-corrected chi connectivity index (χ3v) is 3.95. The third-order valence-electron chi connectivity index (χ3n) is 3.95. The molecular formula is C22H39IN4O4. The predicted octanol–water partition coefficient (Wildman–Crippen LogP) is 3.69. The van der Waals surface area contributed by atoms with E-state index in [0.717, 1.165) is 24.3 Å². The molecule has 0 radical (unpaired) electrons. The predicted molar refractivity (Wildman–Crippen MR) is 135 cm³/mol. The number of ether oxygens (including phenoxy) is 3. The molecular weight excluding hydrogens is 511 g/mol. The molecule has 178 valence electrons. The first-order valence-corrected chi connectivity index (χ1v) is 10.2. The number of hydrogen-bond donors (Lipinski definition) is 3. The molecule has 0 atom stereocenters. The van der Waals surface area contributed by atoms with E-state index >= 15 is 0 Å². The number of halogens is 1. The summed E-state index contributed by atoms with van der Waals surface area (Å²) in [5, 5.41) is 9.33. The van der Waals surface area contributed by atoms with E-state index in [4.69, 9.17) is 14.2 Å². The lowest BCUT2D eigenvalue weighted by Gasteiger charge is -2.29. The minimum atomic E-state index is -0.527. The van der Waals surface area contributed by atoms with Gasteiger partial charge in [-0.3, -0.25) is 4.99 Å². The van der Waals surface area contributed by atoms with Crippen molar-refractivity contribution in [2.24, 2.45) is 4.99 Å². The van der Waals surface area contributed by atoms with Crippen molar-refractivity contribution < 1.29 is 19.0 Å². The highest BCUT2D eigenvalue weighted by molar-refractivity contribution is 14.0. The summed E-state index contributed by atoms with van der Waals surface area (Å²) in [5.74, 6) is 1.51. The normalized spacial score (nSPS) is 11.9. The fourth-order valence-electron chi connectivity index (χ4n) is 2.44. The fraction of sp³-hybridized carbons (Fsp3) is 0.636. The summed E-state index contributed by atoms with van der Waals surface area (Å²) < 4.78 is 16.2. The highest BCUT2D eigenvalue weighted by atomic mass is 127. The van der Waals surface area contributed by atoms with Crippen LogP contribution in [0.2, 0.25) is 0 Å². The topological polar surface area (TPSA) is 93.2 Å². The average Bonchev–Trinajstić information content (AvgIpc) is 2.65. The van der Waals surface area contributed by atoms with E-state index in [0.29, 0.717) is 25.7 Å². The van der Waals surface area contributed by atoms with E-state index < -0.39 is 17.2 Å². The molecule has 1 aromatic carbocycles. The van der Waals surface area contributed by atoms with Gasteiger partial charge in [0.1, 0.15) is 11.4 Å². The minimum Gasteiger partial charge on any atom is -0.497 e. The summed E-state index contributed by atoms with van der Waals surface area (Å²) in [6.45, 7) is 11.8. The van der Waals surface area contributed by atoms with Crippen molar-refractivity contribution in [2.75, 3.05) is 33.9 Å². The van der Waals surface area contributed by atoms with Gasteiger partial charge in [-0.05, 0) is 58.7 Å². The maximum Gasteiger partial charge on any atom is 0.408 e. The zero-order chi connectivity index (χ0) is 22.6. The molecule has 0 heterocycles. The van der Waals surface area contributed by atoms with Crippen molar-refractivity contribution in [2.45, 2.75) is 58.8 Å². The zero-order valence-corrected chi connectivity index (χ0v) is 22.2. The molecule has 1 amide bonds. The molecule has 0 aliphatic carbocycles. The van der Waals surface area contributed by atoms with Crippen LogP contribution < -0.4 is 20.7 Å². The maximum absolute atomic E-state index is 12.0. The number of methoxy groups -OCH3 is 1. The average molecular weight is 550 g/mol. The van der Waals surface area contributed by atoms with Gasteiger partial charge < -0.3 is 30.2 Å². The van der Waals surface area contributed by atoms with Crippen molar-refractivity contribution in [3.8, 4) is 5.75 Å². The Morgan fingerprint density at radius 3 is 2.26 bits per heavy atom. The van der Waals surface area contributed by atoms with E-state index in [2.05, 4.69) is 20.9 Å². The summed E-state index contributed by atoms with van der Waals surface area (Å²) in [4.78, 5) is 16.2. The van der Waals surface area contributed by atoms with Crippen molar-refractivity contribution in [1.29, 1.82) is 0 Å². The van der Waals surface area contributed by atoms with Crippen molar-refractivity contribution in [1.82, 2.24) is 16.0 Å². The minimum absolute atomic E-state index is 0. The largest absolute Gasteiger partial charge is 0.497 e. The Morgan fingerprint density at radius 1 is 1.06 bits per heavy atom. The van der Waals surface area contributed by atoms with Crippen LogP contribution in [0, 0.1) is 0 Å². The number of hydrogen-bond acceptors (Lipinski definition) is 5. The van der Waals surface area contributed by atoms with Gasteiger partial charge in [0, 0.05) is 26.7 Å². The van der Waals surface area contributed by atoms with E-state index in [1.165, 1.54) is 0 Å². The van der Waals surface area contributed by atoms with Gasteiger partial charge in [0.15, 0.2) is 5.96 Å². The Bertz CT molecular complexity index is 673. The van der Waals surface area contributed by atoms with E-state index in [-0.39, 0.29) is 24.0 Å². The molecule has 0 aliphatic rings. The smallest absolute Gasteiger partial charge is 0.408 e. The Morgan fingerprint density at radius 2 is 1.71 bits per heavy atom. The number of amides is 1. The highest BCUT2D eigenvalue weighted by Gasteiger charge is 2.24. The Labute approximate surface area is 203 Å². The van der Waals surface area contributed by atoms with Crippen LogP contribution in [0.25, 0.3) is 0 Å². The number of nitrogens with one attached hydrogen (secondary N) is 3. The molecule has 0 saturated heterocycles. The second-order valence-electron chi connectivity index (χ2n) is 8.62. The quantitative estimate of drug-likeness (QED) is 0.178. The van der Waals surface area contributed by atoms with Gasteiger partial charge in [0.2, 0.25) is 0 Å². The van der Waals surface area contributed by atoms with Gasteiger partial charge in [0.05, 0.1) is 19.3 Å². The number of rotatable bonds is 10. The van der Waals surface area contributed by atoms with Crippen LogP contribution in [0.3, 0.4) is 0 Å². The van der Waals surface area contributed by atoms with Gasteiger partial charge in [-0.25, -0.2) is 4.79 Å². The summed E-state index contributed by atoms with van der Waals surface area (Å²) in [5.41, 5.74) is 0.0863. The summed E-state index contributed by atoms with van der Waals surface area (Å²) in [6, 6.07) is 7.84. The second-order valence-corrected chi connectivity index (χ2v) is 8.62. The van der Waals surface area contributed by atoms with Crippen molar-refractivity contribution in [3.05, 3.63) is 29.8 Å². The van der Waals surface area contributed by atoms with Crippen molar-refractivity contribution in [3.63, 3.8) is 0 Å². The Balaban J connectivity index is 0.00000900. The molecule has 31 heavy (non-hydrogen) atoms. The lowest BCUT2D eigenvalue weighted by molar-refractivity contribution is 0.0474. The molecule has 0 aromatic heterocycles. The SMILES string of the molecule is CN=C(NCCCOCc1ccc(OC)cc1)NCC(C)(C)NC(=O)OC(C)(C)C.I. The number of alkyl carbamates (subject to hydrolysis) is 1. The number of carbonyl (C=O) groups excluding carboxylic acids is 1. The standard InChI is InChI=1S/C22H38N4O4.HI/c1-21(2,3)30-20(27)26-22(4,5)16-25-19(23-6)24-13-8-14-29-15-17-9-11-18(28-7)12-10-17;/h9-12H,8,13-16H2,1-7H3,(H,26,27)(H2,23,24,25);1H. The molecule has 0 aliphatic heterocycles. The van der Waals surface area contributed by atoms with E-state index in [1.807, 2.05) is 58.9 Å². The number of guanidine groups is 1. The van der Waals surface area contributed by atoms with Gasteiger partial charge in [-0.15, -0.1) is 24.0 Å². The first-order chi connectivity index (χ1) is 14.0. The van der Waals surface area contributed by atoms with Gasteiger partial charge >= 0.3 is 6.09 Å². The van der Waals surface area contributed by atoms with Crippen LogP contribution in [0.15, 0.2) is 29.3 Å². The van der Waals surface area contributed by atoms with Gasteiger partial charge in [-0.1, -0.05) is 12.1 Å². The van der Waals surface area contributed by atoms with Crippen molar-refractivity contribution >= 4 is 36.0 Å². The van der Waals surface area contributed by atoms with Crippen LogP contribution in [0.4, 0.5) is 4.79 Å². The third kappa shape index (κ3) is 14.0. The van der Waals surface area contributed by atoms with Crippen LogP contribution >= 0.6 is 24.0 Å². The molecule has 3 N–H and O–H groups in total. The second kappa shape index (κ2) is 14.3. The maximum atomic E-state index is 12.0. The Hall–Kier alpha value is -1.75. The summed E-state index contributed by atoms with van der Waals surface area (Å²) in [6.07, 6.45) is 0.405. The summed E-state index contributed by atoms with van der Waals surface area (Å²) in [7, 11) is 3.36. The van der Waals surface area contributed by atoms with E-state index in [1.54, 1.807) is 14.2 Å². The monoisotopic (exact) mass is 550 g/mol. The molecule has 0 bridgehead atoms. The highest BCUT2D eigenvalue weighted by Crippen LogP contribution is 2.12. The zero-order valence-electron chi connectivity index (χ0n) is 19.8. The van der Waals surface area contributed by atoms with Crippen LogP contribution in [0.5, 0.6) is 5.75 Å².